The number of carbonyl (C=O) groups is 2. The predicted molar refractivity (Wildman–Crippen MR) is 105 cm³/mol. The first-order chi connectivity index (χ1) is 12.2. The quantitative estimate of drug-likeness (QED) is 0.726. The number of hydrogen-bond acceptors (Lipinski definition) is 3. The molecule has 0 radical (unpaired) electrons. The molecule has 0 heterocycles. The molecule has 26 heavy (non-hydrogen) atoms. The zero-order chi connectivity index (χ0) is 17.6. The fourth-order valence-electron chi connectivity index (χ4n) is 2.75. The van der Waals surface area contributed by atoms with Crippen molar-refractivity contribution in [2.24, 2.45) is 11.7 Å². The summed E-state index contributed by atoms with van der Waals surface area (Å²) >= 11 is 0. The number of benzene rings is 2. The minimum atomic E-state index is -0.132. The zero-order valence-corrected chi connectivity index (χ0v) is 15.4. The van der Waals surface area contributed by atoms with Gasteiger partial charge in [-0.25, -0.2) is 0 Å². The molecule has 2 aromatic carbocycles. The Morgan fingerprint density at radius 2 is 1.77 bits per heavy atom. The van der Waals surface area contributed by atoms with Crippen LogP contribution in [0.15, 0.2) is 48.5 Å². The second-order valence-corrected chi connectivity index (χ2v) is 6.40. The normalized spacial score (nSPS) is 13.3. The van der Waals surface area contributed by atoms with Gasteiger partial charge in [-0.05, 0) is 48.2 Å². The lowest BCUT2D eigenvalue weighted by Gasteiger charge is -2.24. The maximum absolute atomic E-state index is 12.2. The summed E-state index contributed by atoms with van der Waals surface area (Å²) in [6.07, 6.45) is 3.09. The van der Waals surface area contributed by atoms with Crippen LogP contribution in [0.2, 0.25) is 0 Å². The summed E-state index contributed by atoms with van der Waals surface area (Å²) in [5.74, 6) is 0.111. The first kappa shape index (κ1) is 19.9. The summed E-state index contributed by atoms with van der Waals surface area (Å²) in [6, 6.07) is 14.8. The number of carbonyl (C=O) groups excluding carboxylic acids is 2. The van der Waals surface area contributed by atoms with Gasteiger partial charge < -0.3 is 16.4 Å². The van der Waals surface area contributed by atoms with E-state index in [0.29, 0.717) is 18.7 Å². The maximum Gasteiger partial charge on any atom is 0.251 e. The SMILES string of the molecule is Cl.NCc1ccc(C(=O)NCc2cccc(NC(=O)C3CCC3)c2)cc1. The zero-order valence-electron chi connectivity index (χ0n) is 14.5. The van der Waals surface area contributed by atoms with Gasteiger partial charge in [0.1, 0.15) is 0 Å². The van der Waals surface area contributed by atoms with Crippen molar-refractivity contribution < 1.29 is 9.59 Å². The van der Waals surface area contributed by atoms with Crippen LogP contribution in [0, 0.1) is 5.92 Å². The molecule has 4 N–H and O–H groups in total. The fraction of sp³-hybridized carbons (Fsp3) is 0.300. The average molecular weight is 374 g/mol. The molecule has 1 aliphatic rings. The molecule has 1 fully saturated rings. The Bertz CT molecular complexity index is 758. The van der Waals surface area contributed by atoms with Crippen LogP contribution in [-0.2, 0) is 17.9 Å². The average Bonchev–Trinajstić information content (AvgIpc) is 2.58. The molecule has 0 bridgehead atoms. The van der Waals surface area contributed by atoms with Crippen LogP contribution >= 0.6 is 12.4 Å². The van der Waals surface area contributed by atoms with Gasteiger partial charge in [-0.1, -0.05) is 30.7 Å². The molecule has 5 nitrogen and oxygen atoms in total. The van der Waals surface area contributed by atoms with Crippen molar-refractivity contribution >= 4 is 29.9 Å². The molecule has 0 unspecified atom stereocenters. The molecule has 2 aromatic rings. The van der Waals surface area contributed by atoms with E-state index < -0.39 is 0 Å². The number of nitrogens with two attached hydrogens (primary N) is 1. The largest absolute Gasteiger partial charge is 0.348 e. The molecule has 0 atom stereocenters. The van der Waals surface area contributed by atoms with Crippen LogP contribution in [0.3, 0.4) is 0 Å². The summed E-state index contributed by atoms with van der Waals surface area (Å²) in [4.78, 5) is 24.2. The molecule has 6 heteroatoms. The number of amides is 2. The number of rotatable bonds is 6. The highest BCUT2D eigenvalue weighted by Gasteiger charge is 2.25. The van der Waals surface area contributed by atoms with Gasteiger partial charge in [0, 0.05) is 30.3 Å². The van der Waals surface area contributed by atoms with Crippen LogP contribution in [0.4, 0.5) is 5.69 Å². The highest BCUT2D eigenvalue weighted by molar-refractivity contribution is 5.94. The summed E-state index contributed by atoms with van der Waals surface area (Å²) < 4.78 is 0. The van der Waals surface area contributed by atoms with Crippen LogP contribution in [0.5, 0.6) is 0 Å². The van der Waals surface area contributed by atoms with Gasteiger partial charge >= 0.3 is 0 Å². The monoisotopic (exact) mass is 373 g/mol. The number of anilines is 1. The third kappa shape index (κ3) is 5.07. The topological polar surface area (TPSA) is 84.2 Å². The van der Waals surface area contributed by atoms with E-state index in [9.17, 15) is 9.59 Å². The molecular weight excluding hydrogens is 350 g/mol. The van der Waals surface area contributed by atoms with E-state index in [4.69, 9.17) is 5.73 Å². The number of halogens is 1. The van der Waals surface area contributed by atoms with E-state index in [1.165, 1.54) is 0 Å². The lowest BCUT2D eigenvalue weighted by atomic mass is 9.85. The van der Waals surface area contributed by atoms with Gasteiger partial charge in [0.15, 0.2) is 0 Å². The van der Waals surface area contributed by atoms with Gasteiger partial charge in [-0.15, -0.1) is 12.4 Å². The van der Waals surface area contributed by atoms with Crippen LogP contribution in [-0.4, -0.2) is 11.8 Å². The van der Waals surface area contributed by atoms with Gasteiger partial charge in [0.25, 0.3) is 5.91 Å². The Kier molecular flexibility index (Phi) is 7.18. The highest BCUT2D eigenvalue weighted by Crippen LogP contribution is 2.27. The van der Waals surface area contributed by atoms with E-state index in [0.717, 1.165) is 36.1 Å². The van der Waals surface area contributed by atoms with Crippen molar-refractivity contribution in [3.05, 3.63) is 65.2 Å². The van der Waals surface area contributed by atoms with E-state index in [1.807, 2.05) is 36.4 Å². The fourth-order valence-corrected chi connectivity index (χ4v) is 2.75. The van der Waals surface area contributed by atoms with E-state index in [1.54, 1.807) is 12.1 Å². The summed E-state index contributed by atoms with van der Waals surface area (Å²) in [5.41, 5.74) is 8.87. The van der Waals surface area contributed by atoms with Crippen molar-refractivity contribution in [1.29, 1.82) is 0 Å². The van der Waals surface area contributed by atoms with E-state index in [2.05, 4.69) is 10.6 Å². The lowest BCUT2D eigenvalue weighted by molar-refractivity contribution is -0.122. The van der Waals surface area contributed by atoms with Crippen LogP contribution in [0.25, 0.3) is 0 Å². The molecule has 3 rings (SSSR count). The van der Waals surface area contributed by atoms with Crippen molar-refractivity contribution in [2.45, 2.75) is 32.4 Å². The third-order valence-electron chi connectivity index (χ3n) is 4.58. The van der Waals surface area contributed by atoms with Crippen molar-refractivity contribution in [2.75, 3.05) is 5.32 Å². The Hall–Kier alpha value is -2.37. The molecule has 0 aliphatic heterocycles. The van der Waals surface area contributed by atoms with Crippen molar-refractivity contribution in [3.63, 3.8) is 0 Å². The number of nitrogens with one attached hydrogen (secondary N) is 2. The Morgan fingerprint density at radius 1 is 1.04 bits per heavy atom. The highest BCUT2D eigenvalue weighted by atomic mass is 35.5. The van der Waals surface area contributed by atoms with Gasteiger partial charge in [-0.3, -0.25) is 9.59 Å². The Morgan fingerprint density at radius 3 is 2.38 bits per heavy atom. The summed E-state index contributed by atoms with van der Waals surface area (Å²) in [7, 11) is 0. The molecule has 0 spiro atoms. The molecule has 1 aliphatic carbocycles. The van der Waals surface area contributed by atoms with E-state index in [-0.39, 0.29) is 30.1 Å². The minimum absolute atomic E-state index is 0. The smallest absolute Gasteiger partial charge is 0.251 e. The van der Waals surface area contributed by atoms with Gasteiger partial charge in [-0.2, -0.15) is 0 Å². The molecule has 0 saturated heterocycles. The molecule has 1 saturated carbocycles. The molecule has 0 aromatic heterocycles. The molecule has 2 amide bonds. The molecule has 138 valence electrons. The maximum atomic E-state index is 12.2. The predicted octanol–water partition coefficient (Wildman–Crippen LogP) is 3.24. The number of hydrogen-bond donors (Lipinski definition) is 3. The summed E-state index contributed by atoms with van der Waals surface area (Å²) in [6.45, 7) is 0.867. The minimum Gasteiger partial charge on any atom is -0.348 e. The van der Waals surface area contributed by atoms with Gasteiger partial charge in [0.2, 0.25) is 5.91 Å². The first-order valence-corrected chi connectivity index (χ1v) is 8.63. The van der Waals surface area contributed by atoms with Crippen LogP contribution in [0.1, 0.15) is 40.7 Å². The van der Waals surface area contributed by atoms with E-state index >= 15 is 0 Å². The van der Waals surface area contributed by atoms with Gasteiger partial charge in [0.05, 0.1) is 0 Å². The second-order valence-electron chi connectivity index (χ2n) is 6.40. The molecular formula is C20H24ClN3O2. The summed E-state index contributed by atoms with van der Waals surface area (Å²) in [5, 5.41) is 5.85. The second kappa shape index (κ2) is 9.36. The standard InChI is InChI=1S/C20H23N3O2.ClH/c21-12-14-7-9-17(10-8-14)19(24)22-13-15-3-1-6-18(11-15)23-20(25)16-4-2-5-16;/h1,3,6-11,16H,2,4-5,12-13,21H2,(H,22,24)(H,23,25);1H. The Labute approximate surface area is 159 Å². The van der Waals surface area contributed by atoms with Crippen LogP contribution < -0.4 is 16.4 Å². The third-order valence-corrected chi connectivity index (χ3v) is 4.58. The first-order valence-electron chi connectivity index (χ1n) is 8.63. The van der Waals surface area contributed by atoms with Crippen molar-refractivity contribution in [3.8, 4) is 0 Å². The lowest BCUT2D eigenvalue weighted by Crippen LogP contribution is -2.28. The Balaban J connectivity index is 0.00000243. The van der Waals surface area contributed by atoms with Crippen molar-refractivity contribution in [1.82, 2.24) is 5.32 Å².